The Morgan fingerprint density at radius 2 is 0.690 bits per heavy atom. The van der Waals surface area contributed by atoms with Crippen LogP contribution in [0.2, 0.25) is 0 Å². The van der Waals surface area contributed by atoms with Crippen LogP contribution in [0.5, 0.6) is 23.0 Å². The minimum absolute atomic E-state index is 0.105. The summed E-state index contributed by atoms with van der Waals surface area (Å²) in [5.74, 6) is 4.88. The molecule has 14 nitrogen and oxygen atoms in total. The monoisotopic (exact) mass is 1110 g/mol. The Balaban J connectivity index is 0.000000175. The summed E-state index contributed by atoms with van der Waals surface area (Å²) in [7, 11) is 0. The molecule has 0 bridgehead atoms. The van der Waals surface area contributed by atoms with E-state index in [0.29, 0.717) is 0 Å². The molecule has 0 radical (unpaired) electrons. The molecule has 2 aliphatic heterocycles. The molecule has 12 rings (SSSR count). The van der Waals surface area contributed by atoms with Crippen molar-refractivity contribution in [3.05, 3.63) is 275 Å². The highest BCUT2D eigenvalue weighted by Crippen LogP contribution is 2.35. The van der Waals surface area contributed by atoms with E-state index in [4.69, 9.17) is 9.47 Å². The van der Waals surface area contributed by atoms with Crippen molar-refractivity contribution in [2.75, 3.05) is 65.4 Å². The van der Waals surface area contributed by atoms with Gasteiger partial charge in [-0.3, -0.25) is 19.6 Å². The number of para-hydroxylation sites is 4. The number of tetrazole rings is 2. The molecule has 2 atom stereocenters. The fourth-order valence-electron chi connectivity index (χ4n) is 11.3. The van der Waals surface area contributed by atoms with Gasteiger partial charge in [-0.25, -0.2) is 0 Å². The average molecular weight is 1110 g/mol. The predicted octanol–water partition coefficient (Wildman–Crippen LogP) is 13.0. The highest BCUT2D eigenvalue weighted by atomic mass is 16.5. The molecule has 10 aromatic rings. The molecule has 2 fully saturated rings. The van der Waals surface area contributed by atoms with Crippen molar-refractivity contribution in [1.82, 2.24) is 60.0 Å². The van der Waals surface area contributed by atoms with Crippen molar-refractivity contribution in [3.8, 4) is 34.4 Å². The minimum Gasteiger partial charge on any atom is -0.457 e. The molecule has 2 aliphatic rings. The van der Waals surface area contributed by atoms with Crippen LogP contribution >= 0.6 is 0 Å². The van der Waals surface area contributed by atoms with E-state index in [9.17, 15) is 0 Å². The second-order valence-corrected chi connectivity index (χ2v) is 21.5. The fourth-order valence-corrected chi connectivity index (χ4v) is 11.3. The van der Waals surface area contributed by atoms with Gasteiger partial charge in [0, 0.05) is 65.4 Å². The van der Waals surface area contributed by atoms with Gasteiger partial charge in [0.2, 0.25) is 0 Å². The number of hydrogen-bond donors (Lipinski definition) is 0. The van der Waals surface area contributed by atoms with Crippen molar-refractivity contribution in [2.24, 2.45) is 0 Å². The van der Waals surface area contributed by atoms with E-state index in [2.05, 4.69) is 212 Å². The normalized spacial score (nSPS) is 15.2. The average Bonchev–Trinajstić information content (AvgIpc) is 4.34. The number of rotatable bonds is 18. The van der Waals surface area contributed by atoms with Crippen LogP contribution in [0.3, 0.4) is 0 Å². The number of nitrogens with zero attached hydrogens (tertiary/aromatic N) is 12. The van der Waals surface area contributed by atoms with Crippen molar-refractivity contribution >= 4 is 12.2 Å². The summed E-state index contributed by atoms with van der Waals surface area (Å²) in [6.07, 6.45) is 8.92. The van der Waals surface area contributed by atoms with E-state index >= 15 is 0 Å². The molecule has 0 spiro atoms. The summed E-state index contributed by atoms with van der Waals surface area (Å²) < 4.78 is 16.0. The van der Waals surface area contributed by atoms with Gasteiger partial charge in [0.1, 0.15) is 23.0 Å². The predicted molar refractivity (Wildman–Crippen MR) is 334 cm³/mol. The van der Waals surface area contributed by atoms with Crippen LogP contribution in [-0.4, -0.2) is 125 Å². The highest BCUT2D eigenvalue weighted by Gasteiger charge is 2.33. The molecule has 0 amide bonds. The van der Waals surface area contributed by atoms with Crippen molar-refractivity contribution in [2.45, 2.75) is 39.8 Å². The van der Waals surface area contributed by atoms with Crippen LogP contribution in [0.1, 0.15) is 68.2 Å². The van der Waals surface area contributed by atoms with E-state index in [-0.39, 0.29) is 12.1 Å². The largest absolute Gasteiger partial charge is 0.457 e. The summed E-state index contributed by atoms with van der Waals surface area (Å²) in [5, 5.41) is 26.6. The zero-order valence-corrected chi connectivity index (χ0v) is 48.3. The first-order chi connectivity index (χ1) is 41.3. The van der Waals surface area contributed by atoms with Gasteiger partial charge in [-0.1, -0.05) is 182 Å². The Labute approximate surface area is 493 Å². The quantitative estimate of drug-likeness (QED) is 0.0814. The Hall–Kier alpha value is -9.18. The van der Waals surface area contributed by atoms with E-state index in [1.165, 1.54) is 11.1 Å². The lowest BCUT2D eigenvalue weighted by Crippen LogP contribution is -2.48. The molecule has 0 unspecified atom stereocenters. The van der Waals surface area contributed by atoms with Gasteiger partial charge in [0.05, 0.1) is 23.5 Å². The highest BCUT2D eigenvalue weighted by molar-refractivity contribution is 5.51. The number of benzene rings is 8. The molecule has 424 valence electrons. The van der Waals surface area contributed by atoms with Crippen LogP contribution in [-0.2, 0) is 0 Å². The minimum atomic E-state index is -0.105. The SMILES string of the molecule is Cc1cccc(C)c1-n1nnnc1[C@@H](c1ccc(Oc2ccccc2)cc1)N1CCN(C/C=C/c2ccccc2)CC1.Cc1cccc(C)c1-n1nnnc1[C@H](c1ccc(Oc2ccccc2)cc1)N1CCN(C/C=C/c2ccccc2)CC1. The molecular formula is C70H72N12O2. The molecule has 0 N–H and O–H groups in total. The van der Waals surface area contributed by atoms with Gasteiger partial charge in [0.15, 0.2) is 11.6 Å². The lowest BCUT2D eigenvalue weighted by atomic mass is 10.0. The van der Waals surface area contributed by atoms with Gasteiger partial charge in [-0.15, -0.1) is 10.2 Å². The molecular weight excluding hydrogens is 1040 g/mol. The van der Waals surface area contributed by atoms with Gasteiger partial charge >= 0.3 is 0 Å². The van der Waals surface area contributed by atoms with Crippen LogP contribution in [0.25, 0.3) is 23.5 Å². The molecule has 2 saturated heterocycles. The summed E-state index contributed by atoms with van der Waals surface area (Å²) >= 11 is 0. The molecule has 0 aliphatic carbocycles. The van der Waals surface area contributed by atoms with Gasteiger partial charge in [0.25, 0.3) is 0 Å². The van der Waals surface area contributed by atoms with Crippen molar-refractivity contribution in [3.63, 3.8) is 0 Å². The first-order valence-electron chi connectivity index (χ1n) is 29.0. The second-order valence-electron chi connectivity index (χ2n) is 21.5. The number of aryl methyl sites for hydroxylation is 4. The number of hydrogen-bond acceptors (Lipinski definition) is 12. The third kappa shape index (κ3) is 14.2. The van der Waals surface area contributed by atoms with E-state index in [0.717, 1.165) is 145 Å². The maximum Gasteiger partial charge on any atom is 0.178 e. The van der Waals surface area contributed by atoms with Crippen LogP contribution in [0.4, 0.5) is 0 Å². The third-order valence-electron chi connectivity index (χ3n) is 15.6. The van der Waals surface area contributed by atoms with Crippen LogP contribution < -0.4 is 9.47 Å². The summed E-state index contributed by atoms with van der Waals surface area (Å²) in [6, 6.07) is 69.8. The van der Waals surface area contributed by atoms with Crippen LogP contribution in [0.15, 0.2) is 218 Å². The lowest BCUT2D eigenvalue weighted by molar-refractivity contribution is 0.113. The van der Waals surface area contributed by atoms with E-state index < -0.39 is 0 Å². The topological polar surface area (TPSA) is 119 Å². The summed E-state index contributed by atoms with van der Waals surface area (Å²) in [4.78, 5) is 10.00. The van der Waals surface area contributed by atoms with Gasteiger partial charge < -0.3 is 9.47 Å². The zero-order chi connectivity index (χ0) is 57.5. The maximum atomic E-state index is 6.09. The fraction of sp³-hybridized carbons (Fsp3) is 0.229. The Kier molecular flexibility index (Phi) is 18.7. The summed E-state index contributed by atoms with van der Waals surface area (Å²) in [5.41, 5.74) is 11.4. The van der Waals surface area contributed by atoms with Crippen molar-refractivity contribution < 1.29 is 9.47 Å². The lowest BCUT2D eigenvalue weighted by Gasteiger charge is -2.38. The Morgan fingerprint density at radius 3 is 1.04 bits per heavy atom. The van der Waals surface area contributed by atoms with Crippen LogP contribution in [0, 0.1) is 27.7 Å². The smallest absolute Gasteiger partial charge is 0.178 e. The Bertz CT molecular complexity index is 3420. The second kappa shape index (κ2) is 27.7. The molecule has 8 aromatic carbocycles. The standard InChI is InChI=1S/2C35H36N6O/c2*1-27-11-9-12-28(2)33(27)41-35(36-37-38-41)34(30-18-20-32(21-19-30)42-31-16-7-4-8-17-31)40-25-23-39(24-26-40)22-10-15-29-13-5-3-6-14-29/h2*3-21,34H,22-26H2,1-2H3/b2*15-10+/t2*34-/m10/s1. The Morgan fingerprint density at radius 1 is 0.369 bits per heavy atom. The number of ether oxygens (including phenoxy) is 2. The number of aromatic nitrogens is 8. The van der Waals surface area contributed by atoms with Gasteiger partial charge in [-0.05, 0) is 142 Å². The molecule has 4 heterocycles. The van der Waals surface area contributed by atoms with E-state index in [1.807, 2.05) is 106 Å². The van der Waals surface area contributed by atoms with Gasteiger partial charge in [-0.2, -0.15) is 9.36 Å². The number of piperazine rings is 2. The van der Waals surface area contributed by atoms with E-state index in [1.54, 1.807) is 0 Å². The molecule has 84 heavy (non-hydrogen) atoms. The van der Waals surface area contributed by atoms with Crippen molar-refractivity contribution in [1.29, 1.82) is 0 Å². The zero-order valence-electron chi connectivity index (χ0n) is 48.3. The first-order valence-corrected chi connectivity index (χ1v) is 29.0. The maximum absolute atomic E-state index is 6.09. The summed E-state index contributed by atoms with van der Waals surface area (Å²) in [6.45, 7) is 17.8. The first kappa shape index (κ1) is 56.7. The molecule has 14 heteroatoms. The molecule has 2 aromatic heterocycles. The third-order valence-corrected chi connectivity index (χ3v) is 15.6. The molecule has 0 saturated carbocycles.